The number of sulfonamides is 1. The summed E-state index contributed by atoms with van der Waals surface area (Å²) < 4.78 is 25.8. The Bertz CT molecular complexity index is 477. The molecule has 0 fully saturated rings. The number of rotatable bonds is 6. The summed E-state index contributed by atoms with van der Waals surface area (Å²) in [5.41, 5.74) is 0.874. The minimum Gasteiger partial charge on any atom is -0.363 e. The van der Waals surface area contributed by atoms with Gasteiger partial charge in [0.2, 0.25) is 10.0 Å². The molecule has 2 N–H and O–H groups in total. The van der Waals surface area contributed by atoms with Gasteiger partial charge in [0.1, 0.15) is 0 Å². The summed E-state index contributed by atoms with van der Waals surface area (Å²) in [6.07, 6.45) is 1.55. The molecule has 1 aromatic heterocycles. The summed E-state index contributed by atoms with van der Waals surface area (Å²) in [5, 5.41) is 3.24. The lowest BCUT2D eigenvalue weighted by Crippen LogP contribution is -2.32. The summed E-state index contributed by atoms with van der Waals surface area (Å²) in [7, 11) is -1.79. The van der Waals surface area contributed by atoms with Crippen molar-refractivity contribution >= 4 is 10.0 Å². The Labute approximate surface area is 110 Å². The number of nitrogens with one attached hydrogen (secondary N) is 2. The van der Waals surface area contributed by atoms with Crippen LogP contribution in [0.15, 0.2) is 17.2 Å². The maximum atomic E-state index is 12.2. The largest absolute Gasteiger partial charge is 0.363 e. The van der Waals surface area contributed by atoms with Gasteiger partial charge in [0.25, 0.3) is 0 Å². The first-order valence-electron chi connectivity index (χ1n) is 6.14. The van der Waals surface area contributed by atoms with Crippen molar-refractivity contribution in [3.63, 3.8) is 0 Å². The minimum atomic E-state index is -3.38. The third-order valence-electron chi connectivity index (χ3n) is 2.82. The SMILES string of the molecule is CC(C)NCc1cc(S(=O)(=O)N(C)C(C)C)c[nH]1. The van der Waals surface area contributed by atoms with Gasteiger partial charge in [0.05, 0.1) is 4.90 Å². The molecule has 0 amide bonds. The van der Waals surface area contributed by atoms with Crippen molar-refractivity contribution in [2.75, 3.05) is 7.05 Å². The smallest absolute Gasteiger partial charge is 0.244 e. The molecule has 1 rings (SSSR count). The first-order valence-corrected chi connectivity index (χ1v) is 7.58. The molecular formula is C12H23N3O2S. The lowest BCUT2D eigenvalue weighted by atomic mass is 10.3. The lowest BCUT2D eigenvalue weighted by Gasteiger charge is -2.19. The lowest BCUT2D eigenvalue weighted by molar-refractivity contribution is 0.410. The number of aromatic nitrogens is 1. The zero-order valence-electron chi connectivity index (χ0n) is 11.7. The number of H-pyrrole nitrogens is 1. The van der Waals surface area contributed by atoms with Crippen molar-refractivity contribution in [1.29, 1.82) is 0 Å². The molecule has 6 heteroatoms. The second-order valence-corrected chi connectivity index (χ2v) is 7.01. The summed E-state index contributed by atoms with van der Waals surface area (Å²) >= 11 is 0. The highest BCUT2D eigenvalue weighted by molar-refractivity contribution is 7.89. The van der Waals surface area contributed by atoms with Gasteiger partial charge in [-0.3, -0.25) is 0 Å². The molecule has 0 saturated heterocycles. The molecule has 0 aliphatic carbocycles. The van der Waals surface area contributed by atoms with Crippen LogP contribution in [0.4, 0.5) is 0 Å². The zero-order valence-corrected chi connectivity index (χ0v) is 12.5. The first-order chi connectivity index (χ1) is 8.25. The van der Waals surface area contributed by atoms with Crippen molar-refractivity contribution in [2.24, 2.45) is 0 Å². The highest BCUT2D eigenvalue weighted by Crippen LogP contribution is 2.17. The molecule has 0 aromatic carbocycles. The van der Waals surface area contributed by atoms with Gasteiger partial charge < -0.3 is 10.3 Å². The van der Waals surface area contributed by atoms with Crippen molar-refractivity contribution in [2.45, 2.75) is 51.2 Å². The third kappa shape index (κ3) is 3.57. The molecule has 18 heavy (non-hydrogen) atoms. The molecule has 0 radical (unpaired) electrons. The van der Waals surface area contributed by atoms with E-state index in [-0.39, 0.29) is 6.04 Å². The van der Waals surface area contributed by atoms with E-state index >= 15 is 0 Å². The van der Waals surface area contributed by atoms with Crippen LogP contribution in [0.5, 0.6) is 0 Å². The van der Waals surface area contributed by atoms with E-state index < -0.39 is 10.0 Å². The summed E-state index contributed by atoms with van der Waals surface area (Å²) in [4.78, 5) is 3.31. The third-order valence-corrected chi connectivity index (χ3v) is 4.83. The standard InChI is InChI=1S/C12H23N3O2S/c1-9(2)13-7-11-6-12(8-14-11)18(16,17)15(5)10(3)4/h6,8-10,13-14H,7H2,1-5H3. The molecule has 1 aromatic rings. The summed E-state index contributed by atoms with van der Waals surface area (Å²) in [6, 6.07) is 2.00. The second kappa shape index (κ2) is 5.86. The Balaban J connectivity index is 2.85. The highest BCUT2D eigenvalue weighted by Gasteiger charge is 2.24. The zero-order chi connectivity index (χ0) is 13.9. The van der Waals surface area contributed by atoms with Crippen LogP contribution in [0.2, 0.25) is 0 Å². The van der Waals surface area contributed by atoms with Crippen LogP contribution in [-0.4, -0.2) is 36.8 Å². The van der Waals surface area contributed by atoms with Gasteiger partial charge in [-0.2, -0.15) is 4.31 Å². The van der Waals surface area contributed by atoms with Gasteiger partial charge in [-0.1, -0.05) is 13.8 Å². The second-order valence-electron chi connectivity index (χ2n) is 5.01. The molecule has 0 atom stereocenters. The number of hydrogen-bond donors (Lipinski definition) is 2. The maximum Gasteiger partial charge on any atom is 0.244 e. The predicted molar refractivity (Wildman–Crippen MR) is 72.9 cm³/mol. The summed E-state index contributed by atoms with van der Waals surface area (Å²) in [6.45, 7) is 8.44. The van der Waals surface area contributed by atoms with Gasteiger partial charge in [0, 0.05) is 37.6 Å². The number of nitrogens with zero attached hydrogens (tertiary/aromatic N) is 1. The molecular weight excluding hydrogens is 250 g/mol. The molecule has 104 valence electrons. The van der Waals surface area contributed by atoms with Crippen LogP contribution in [-0.2, 0) is 16.6 Å². The van der Waals surface area contributed by atoms with Gasteiger partial charge in [-0.25, -0.2) is 8.42 Å². The van der Waals surface area contributed by atoms with E-state index in [1.807, 2.05) is 27.7 Å². The summed E-state index contributed by atoms with van der Waals surface area (Å²) in [5.74, 6) is 0. The van der Waals surface area contributed by atoms with Crippen LogP contribution in [0, 0.1) is 0 Å². The Hall–Kier alpha value is -0.850. The van der Waals surface area contributed by atoms with E-state index in [1.165, 1.54) is 4.31 Å². The fraction of sp³-hybridized carbons (Fsp3) is 0.667. The van der Waals surface area contributed by atoms with Gasteiger partial charge in [0.15, 0.2) is 0 Å². The maximum absolute atomic E-state index is 12.2. The van der Waals surface area contributed by atoms with E-state index in [0.717, 1.165) is 5.69 Å². The molecule has 0 unspecified atom stereocenters. The Morgan fingerprint density at radius 2 is 1.94 bits per heavy atom. The van der Waals surface area contributed by atoms with E-state index in [4.69, 9.17) is 0 Å². The van der Waals surface area contributed by atoms with Crippen LogP contribution in [0.3, 0.4) is 0 Å². The quantitative estimate of drug-likeness (QED) is 0.826. The number of aromatic amines is 1. The molecule has 0 saturated carbocycles. The Morgan fingerprint density at radius 3 is 2.44 bits per heavy atom. The monoisotopic (exact) mass is 273 g/mol. The molecule has 0 aliphatic rings. The van der Waals surface area contributed by atoms with Gasteiger partial charge in [-0.05, 0) is 19.9 Å². The number of hydrogen-bond acceptors (Lipinski definition) is 3. The van der Waals surface area contributed by atoms with E-state index in [9.17, 15) is 8.42 Å². The van der Waals surface area contributed by atoms with Crippen molar-refractivity contribution in [3.05, 3.63) is 18.0 Å². The van der Waals surface area contributed by atoms with Crippen molar-refractivity contribution in [3.8, 4) is 0 Å². The van der Waals surface area contributed by atoms with Gasteiger partial charge in [-0.15, -0.1) is 0 Å². The average molecular weight is 273 g/mol. The Kier molecular flexibility index (Phi) is 4.95. The average Bonchev–Trinajstić information content (AvgIpc) is 2.74. The normalized spacial score (nSPS) is 12.9. The fourth-order valence-corrected chi connectivity index (χ4v) is 2.81. The highest BCUT2D eigenvalue weighted by atomic mass is 32.2. The molecule has 5 nitrogen and oxygen atoms in total. The van der Waals surface area contributed by atoms with E-state index in [1.54, 1.807) is 19.3 Å². The van der Waals surface area contributed by atoms with Crippen LogP contribution >= 0.6 is 0 Å². The van der Waals surface area contributed by atoms with Crippen molar-refractivity contribution in [1.82, 2.24) is 14.6 Å². The van der Waals surface area contributed by atoms with Crippen LogP contribution in [0.25, 0.3) is 0 Å². The molecule has 0 aliphatic heterocycles. The topological polar surface area (TPSA) is 65.2 Å². The van der Waals surface area contributed by atoms with E-state index in [0.29, 0.717) is 17.5 Å². The van der Waals surface area contributed by atoms with Crippen LogP contribution in [0.1, 0.15) is 33.4 Å². The predicted octanol–water partition coefficient (Wildman–Crippen LogP) is 1.54. The van der Waals surface area contributed by atoms with Gasteiger partial charge >= 0.3 is 0 Å². The van der Waals surface area contributed by atoms with Crippen molar-refractivity contribution < 1.29 is 8.42 Å². The van der Waals surface area contributed by atoms with E-state index in [2.05, 4.69) is 10.3 Å². The fourth-order valence-electron chi connectivity index (χ4n) is 1.43. The molecule has 1 heterocycles. The first kappa shape index (κ1) is 15.2. The Morgan fingerprint density at radius 1 is 1.33 bits per heavy atom. The molecule has 0 bridgehead atoms. The van der Waals surface area contributed by atoms with Crippen LogP contribution < -0.4 is 5.32 Å². The minimum absolute atomic E-state index is 0.0536. The molecule has 0 spiro atoms.